The number of amides is 2. The summed E-state index contributed by atoms with van der Waals surface area (Å²) in [5.41, 5.74) is 3.80. The number of rotatable bonds is 13. The third kappa shape index (κ3) is 8.28. The maximum Gasteiger partial charge on any atom is 0.266 e. The monoisotopic (exact) mass is 574 g/mol. The number of hydrogen-bond acceptors (Lipinski definition) is 5. The van der Waals surface area contributed by atoms with Crippen molar-refractivity contribution in [1.29, 1.82) is 0 Å². The highest BCUT2D eigenvalue weighted by Gasteiger charge is 2.24. The Kier molecular flexibility index (Phi) is 8.85. The van der Waals surface area contributed by atoms with E-state index in [0.29, 0.717) is 12.0 Å². The van der Waals surface area contributed by atoms with Crippen LogP contribution < -0.4 is 10.6 Å². The Hall–Kier alpha value is -3.95. The van der Waals surface area contributed by atoms with E-state index in [0.717, 1.165) is 58.7 Å². The fourth-order valence-corrected chi connectivity index (χ4v) is 5.30. The molecule has 1 aromatic heterocycles. The molecule has 0 aliphatic heterocycles. The number of carbonyl (C=O) groups excluding carboxylic acids is 2. The van der Waals surface area contributed by atoms with Crippen LogP contribution in [-0.2, 0) is 21.3 Å². The first kappa shape index (κ1) is 28.6. The summed E-state index contributed by atoms with van der Waals surface area (Å²) in [6.07, 6.45) is 6.00. The van der Waals surface area contributed by atoms with Crippen LogP contribution in [-0.4, -0.2) is 37.1 Å². The minimum absolute atomic E-state index is 0.0377. The Bertz CT molecular complexity index is 1570. The molecular formula is C32H34N2O6S. The Morgan fingerprint density at radius 1 is 0.976 bits per heavy atom. The summed E-state index contributed by atoms with van der Waals surface area (Å²) in [6.45, 7) is -0.179. The summed E-state index contributed by atoms with van der Waals surface area (Å²) in [5.74, 6) is 0.338. The normalized spacial score (nSPS) is 14.1. The molecule has 1 unspecified atom stereocenters. The van der Waals surface area contributed by atoms with Crippen LogP contribution in [0, 0.1) is 11.8 Å². The number of nitrogens with one attached hydrogen (secondary N) is 2. The molecule has 3 N–H and O–H groups in total. The quantitative estimate of drug-likeness (QED) is 0.166. The van der Waals surface area contributed by atoms with E-state index >= 15 is 0 Å². The van der Waals surface area contributed by atoms with Crippen molar-refractivity contribution in [1.82, 2.24) is 5.32 Å². The molecule has 4 aromatic rings. The van der Waals surface area contributed by atoms with Gasteiger partial charge in [-0.1, -0.05) is 56.0 Å². The lowest BCUT2D eigenvalue weighted by Crippen LogP contribution is -2.29. The fourth-order valence-electron chi connectivity index (χ4n) is 4.94. The molecule has 8 nitrogen and oxygen atoms in total. The first-order valence-corrected chi connectivity index (χ1v) is 15.6. The molecule has 0 spiro atoms. The molecule has 41 heavy (non-hydrogen) atoms. The van der Waals surface area contributed by atoms with Crippen LogP contribution in [0.2, 0.25) is 0 Å². The van der Waals surface area contributed by atoms with E-state index in [2.05, 4.69) is 10.6 Å². The summed E-state index contributed by atoms with van der Waals surface area (Å²) in [6, 6.07) is 24.5. The predicted octanol–water partition coefficient (Wildman–Crippen LogP) is 6.10. The van der Waals surface area contributed by atoms with Gasteiger partial charge in [-0.25, -0.2) is 0 Å². The van der Waals surface area contributed by atoms with Gasteiger partial charge >= 0.3 is 0 Å². The van der Waals surface area contributed by atoms with E-state index in [9.17, 15) is 18.0 Å². The number of para-hydroxylation sites is 1. The third-order valence-corrected chi connectivity index (χ3v) is 8.16. The first-order chi connectivity index (χ1) is 19.7. The summed E-state index contributed by atoms with van der Waals surface area (Å²) in [5, 5.41) is 6.60. The van der Waals surface area contributed by atoms with Gasteiger partial charge in [0, 0.05) is 34.7 Å². The van der Waals surface area contributed by atoms with Crippen LogP contribution in [0.5, 0.6) is 0 Å². The van der Waals surface area contributed by atoms with Crippen molar-refractivity contribution >= 4 is 38.6 Å². The average molecular weight is 575 g/mol. The van der Waals surface area contributed by atoms with E-state index in [-0.39, 0.29) is 18.4 Å². The summed E-state index contributed by atoms with van der Waals surface area (Å²) >= 11 is 0. The lowest BCUT2D eigenvalue weighted by atomic mass is 9.92. The molecule has 0 bridgehead atoms. The van der Waals surface area contributed by atoms with Crippen molar-refractivity contribution in [3.05, 3.63) is 90.0 Å². The van der Waals surface area contributed by atoms with Gasteiger partial charge in [0.2, 0.25) is 5.91 Å². The highest BCUT2D eigenvalue weighted by molar-refractivity contribution is 7.85. The molecule has 1 fully saturated rings. The number of furan rings is 1. The van der Waals surface area contributed by atoms with Crippen LogP contribution in [0.1, 0.15) is 48.0 Å². The van der Waals surface area contributed by atoms with Crippen molar-refractivity contribution in [2.24, 2.45) is 11.8 Å². The van der Waals surface area contributed by atoms with E-state index in [1.807, 2.05) is 66.7 Å². The van der Waals surface area contributed by atoms with Crippen LogP contribution in [0.15, 0.2) is 83.3 Å². The maximum atomic E-state index is 13.4. The summed E-state index contributed by atoms with van der Waals surface area (Å²) in [4.78, 5) is 25.7. The van der Waals surface area contributed by atoms with Crippen molar-refractivity contribution in [2.45, 2.75) is 38.5 Å². The number of carbonyl (C=O) groups is 2. The topological polar surface area (TPSA) is 126 Å². The lowest BCUT2D eigenvalue weighted by molar-refractivity contribution is -0.120. The van der Waals surface area contributed by atoms with E-state index < -0.39 is 21.8 Å². The second kappa shape index (κ2) is 12.7. The SMILES string of the molecule is O=C(NCCS(=O)(=O)O)c1ccc(CC(CCCC2CC2)C(=O)Nc2ccc(-c3cc4ccccc4o3)cc2)cc1. The zero-order valence-electron chi connectivity index (χ0n) is 22.7. The van der Waals surface area contributed by atoms with Gasteiger partial charge < -0.3 is 15.1 Å². The van der Waals surface area contributed by atoms with Crippen molar-refractivity contribution < 1.29 is 27.0 Å². The minimum Gasteiger partial charge on any atom is -0.456 e. The third-order valence-electron chi connectivity index (χ3n) is 7.44. The van der Waals surface area contributed by atoms with Gasteiger partial charge in [0.25, 0.3) is 16.0 Å². The van der Waals surface area contributed by atoms with Gasteiger partial charge in [-0.15, -0.1) is 0 Å². The molecule has 5 rings (SSSR count). The van der Waals surface area contributed by atoms with Gasteiger partial charge in [-0.3, -0.25) is 14.1 Å². The smallest absolute Gasteiger partial charge is 0.266 e. The molecule has 1 atom stereocenters. The molecule has 1 aliphatic rings. The number of benzene rings is 3. The zero-order valence-corrected chi connectivity index (χ0v) is 23.5. The van der Waals surface area contributed by atoms with Crippen molar-refractivity contribution in [3.8, 4) is 11.3 Å². The summed E-state index contributed by atoms with van der Waals surface area (Å²) < 4.78 is 36.5. The van der Waals surface area contributed by atoms with Crippen LogP contribution in [0.4, 0.5) is 5.69 Å². The molecule has 9 heteroatoms. The number of anilines is 1. The lowest BCUT2D eigenvalue weighted by Gasteiger charge is -2.17. The van der Waals surface area contributed by atoms with Gasteiger partial charge in [0.15, 0.2) is 0 Å². The average Bonchev–Trinajstić information content (AvgIpc) is 3.67. The molecule has 0 saturated heterocycles. The highest BCUT2D eigenvalue weighted by atomic mass is 32.2. The molecule has 3 aromatic carbocycles. The molecule has 214 valence electrons. The van der Waals surface area contributed by atoms with Crippen molar-refractivity contribution in [2.75, 3.05) is 17.6 Å². The molecule has 2 amide bonds. The largest absolute Gasteiger partial charge is 0.456 e. The molecule has 1 heterocycles. The first-order valence-electron chi connectivity index (χ1n) is 14.0. The van der Waals surface area contributed by atoms with Crippen molar-refractivity contribution in [3.63, 3.8) is 0 Å². The Labute approximate surface area is 239 Å². The Morgan fingerprint density at radius 3 is 2.39 bits per heavy atom. The molecule has 1 saturated carbocycles. The maximum absolute atomic E-state index is 13.4. The van der Waals surface area contributed by atoms with E-state index in [1.165, 1.54) is 12.8 Å². The van der Waals surface area contributed by atoms with Gasteiger partial charge in [-0.2, -0.15) is 8.42 Å². The second-order valence-corrected chi connectivity index (χ2v) is 12.3. The molecule has 1 aliphatic carbocycles. The standard InChI is InChI=1S/C32H34N2O6S/c35-31(33-18-19-41(37,38)39)25-12-10-23(11-13-25)20-27(6-3-4-22-8-9-22)32(36)34-28-16-14-24(15-17-28)30-21-26-5-1-2-7-29(26)40-30/h1-2,5,7,10-17,21-22,27H,3-4,6,8-9,18-20H2,(H,33,35)(H,34,36)(H,37,38,39). The fraction of sp³-hybridized carbons (Fsp3) is 0.312. The number of hydrogen-bond donors (Lipinski definition) is 3. The van der Waals surface area contributed by atoms with E-state index in [1.54, 1.807) is 12.1 Å². The van der Waals surface area contributed by atoms with E-state index in [4.69, 9.17) is 8.97 Å². The second-order valence-electron chi connectivity index (χ2n) is 10.7. The zero-order chi connectivity index (χ0) is 28.8. The molecule has 0 radical (unpaired) electrons. The Balaban J connectivity index is 1.21. The molecular weight excluding hydrogens is 540 g/mol. The van der Waals surface area contributed by atoms with Crippen LogP contribution >= 0.6 is 0 Å². The Morgan fingerprint density at radius 2 is 1.71 bits per heavy atom. The van der Waals surface area contributed by atoms with Gasteiger partial charge in [0.05, 0.1) is 5.75 Å². The van der Waals surface area contributed by atoms with Crippen LogP contribution in [0.25, 0.3) is 22.3 Å². The number of fused-ring (bicyclic) bond motifs is 1. The van der Waals surface area contributed by atoms with Gasteiger partial charge in [0.1, 0.15) is 11.3 Å². The van der Waals surface area contributed by atoms with Gasteiger partial charge in [-0.05, 0) is 72.9 Å². The van der Waals surface area contributed by atoms with Crippen LogP contribution in [0.3, 0.4) is 0 Å². The highest BCUT2D eigenvalue weighted by Crippen LogP contribution is 2.35. The predicted molar refractivity (Wildman–Crippen MR) is 159 cm³/mol. The minimum atomic E-state index is -4.14. The summed E-state index contributed by atoms with van der Waals surface area (Å²) in [7, 11) is -4.14.